The monoisotopic (exact) mass is 472 g/mol. The number of hydrogen-bond donors (Lipinski definition) is 2. The SMILES string of the molecule is CCCOc1nccn2nc(NC(=O)CCNc3nccc4ccc(-c5noc(C)n5)cc34)cc12. The second kappa shape index (κ2) is 9.75. The van der Waals surface area contributed by atoms with E-state index in [0.717, 1.165) is 22.8 Å². The van der Waals surface area contributed by atoms with Crippen molar-refractivity contribution in [3.8, 4) is 17.3 Å². The van der Waals surface area contributed by atoms with Crippen LogP contribution in [0.15, 0.2) is 53.4 Å². The number of anilines is 2. The minimum Gasteiger partial charge on any atom is -0.476 e. The summed E-state index contributed by atoms with van der Waals surface area (Å²) in [5.41, 5.74) is 1.52. The maximum Gasteiger partial charge on any atom is 0.240 e. The van der Waals surface area contributed by atoms with E-state index in [1.54, 1.807) is 36.1 Å². The van der Waals surface area contributed by atoms with Crippen molar-refractivity contribution in [3.63, 3.8) is 0 Å². The fourth-order valence-corrected chi connectivity index (χ4v) is 3.63. The molecule has 1 aromatic carbocycles. The minimum absolute atomic E-state index is 0.173. The number of nitrogens with one attached hydrogen (secondary N) is 2. The van der Waals surface area contributed by atoms with E-state index in [2.05, 4.69) is 35.8 Å². The molecule has 4 aromatic heterocycles. The Morgan fingerprint density at radius 3 is 2.91 bits per heavy atom. The van der Waals surface area contributed by atoms with Crippen molar-refractivity contribution in [1.82, 2.24) is 29.7 Å². The van der Waals surface area contributed by atoms with Crippen molar-refractivity contribution in [2.45, 2.75) is 26.7 Å². The van der Waals surface area contributed by atoms with Crippen LogP contribution in [0.4, 0.5) is 11.6 Å². The third kappa shape index (κ3) is 4.88. The Bertz CT molecular complexity index is 1490. The minimum atomic E-state index is -0.173. The highest BCUT2D eigenvalue weighted by molar-refractivity contribution is 5.95. The van der Waals surface area contributed by atoms with Gasteiger partial charge < -0.3 is 19.9 Å². The van der Waals surface area contributed by atoms with Crippen LogP contribution in [-0.4, -0.2) is 48.8 Å². The van der Waals surface area contributed by atoms with Gasteiger partial charge in [-0.2, -0.15) is 4.98 Å². The number of benzene rings is 1. The molecule has 4 heterocycles. The van der Waals surface area contributed by atoms with Crippen molar-refractivity contribution in [1.29, 1.82) is 0 Å². The number of rotatable bonds is 9. The number of nitrogens with zero attached hydrogens (tertiary/aromatic N) is 6. The first-order valence-corrected chi connectivity index (χ1v) is 11.3. The molecule has 5 aromatic rings. The van der Waals surface area contributed by atoms with Gasteiger partial charge in [-0.05, 0) is 23.9 Å². The Hall–Kier alpha value is -4.54. The molecule has 178 valence electrons. The zero-order valence-electron chi connectivity index (χ0n) is 19.4. The van der Waals surface area contributed by atoms with Crippen LogP contribution in [0.1, 0.15) is 25.7 Å². The molecule has 0 fully saturated rings. The Labute approximate surface area is 200 Å². The smallest absolute Gasteiger partial charge is 0.240 e. The average molecular weight is 473 g/mol. The molecule has 0 spiro atoms. The third-order valence-electron chi connectivity index (χ3n) is 5.26. The van der Waals surface area contributed by atoms with Gasteiger partial charge in [0.05, 0.1) is 6.61 Å². The van der Waals surface area contributed by atoms with E-state index in [1.807, 2.05) is 31.2 Å². The number of aromatic nitrogens is 6. The lowest BCUT2D eigenvalue weighted by atomic mass is 10.1. The number of carbonyl (C=O) groups excluding carboxylic acids is 1. The number of aryl methyl sites for hydroxylation is 1. The van der Waals surface area contributed by atoms with Gasteiger partial charge in [-0.15, -0.1) is 5.10 Å². The number of fused-ring (bicyclic) bond motifs is 2. The molecule has 2 N–H and O–H groups in total. The second-order valence-electron chi connectivity index (χ2n) is 7.90. The summed E-state index contributed by atoms with van der Waals surface area (Å²) in [5, 5.41) is 16.4. The highest BCUT2D eigenvalue weighted by Gasteiger charge is 2.12. The summed E-state index contributed by atoms with van der Waals surface area (Å²) in [6.07, 6.45) is 6.15. The molecule has 0 radical (unpaired) electrons. The molecule has 0 saturated heterocycles. The van der Waals surface area contributed by atoms with E-state index in [1.165, 1.54) is 0 Å². The van der Waals surface area contributed by atoms with Gasteiger partial charge in [0, 0.05) is 55.5 Å². The van der Waals surface area contributed by atoms with Gasteiger partial charge >= 0.3 is 0 Å². The molecule has 0 aliphatic rings. The van der Waals surface area contributed by atoms with Gasteiger partial charge in [-0.3, -0.25) is 4.79 Å². The fourth-order valence-electron chi connectivity index (χ4n) is 3.63. The lowest BCUT2D eigenvalue weighted by molar-refractivity contribution is -0.116. The van der Waals surface area contributed by atoms with Gasteiger partial charge in [0.25, 0.3) is 0 Å². The second-order valence-corrected chi connectivity index (χ2v) is 7.90. The normalized spacial score (nSPS) is 11.1. The fraction of sp³-hybridized carbons (Fsp3) is 0.250. The quantitative estimate of drug-likeness (QED) is 0.328. The van der Waals surface area contributed by atoms with Crippen molar-refractivity contribution >= 4 is 33.8 Å². The van der Waals surface area contributed by atoms with E-state index in [0.29, 0.717) is 47.9 Å². The van der Waals surface area contributed by atoms with Crippen molar-refractivity contribution in [2.24, 2.45) is 0 Å². The maximum absolute atomic E-state index is 12.5. The molecule has 5 rings (SSSR count). The molecule has 35 heavy (non-hydrogen) atoms. The lowest BCUT2D eigenvalue weighted by Gasteiger charge is -2.09. The zero-order valence-corrected chi connectivity index (χ0v) is 19.4. The molecule has 0 aliphatic heterocycles. The van der Waals surface area contributed by atoms with Crippen molar-refractivity contribution < 1.29 is 14.1 Å². The highest BCUT2D eigenvalue weighted by Crippen LogP contribution is 2.27. The van der Waals surface area contributed by atoms with Crippen molar-refractivity contribution in [3.05, 3.63) is 54.8 Å². The first-order chi connectivity index (χ1) is 17.1. The van der Waals surface area contributed by atoms with Crippen molar-refractivity contribution in [2.75, 3.05) is 23.8 Å². The number of ether oxygens (including phenoxy) is 1. The zero-order chi connectivity index (χ0) is 24.2. The lowest BCUT2D eigenvalue weighted by Crippen LogP contribution is -2.17. The van der Waals surface area contributed by atoms with Crippen LogP contribution in [-0.2, 0) is 4.79 Å². The first kappa shape index (κ1) is 22.3. The predicted octanol–water partition coefficient (Wildman–Crippen LogP) is 3.87. The van der Waals surface area contributed by atoms with Gasteiger partial charge in [-0.1, -0.05) is 24.2 Å². The van der Waals surface area contributed by atoms with Gasteiger partial charge in [-0.25, -0.2) is 14.5 Å². The van der Waals surface area contributed by atoms with Crippen LogP contribution < -0.4 is 15.4 Å². The topological polar surface area (TPSA) is 132 Å². The molecule has 0 aliphatic carbocycles. The summed E-state index contributed by atoms with van der Waals surface area (Å²) in [6.45, 7) is 4.73. The molecular formula is C24H24N8O3. The number of amides is 1. The molecule has 11 heteroatoms. The molecule has 1 amide bonds. The number of hydrogen-bond acceptors (Lipinski definition) is 9. The summed E-state index contributed by atoms with van der Waals surface area (Å²) >= 11 is 0. The molecule has 0 saturated carbocycles. The number of pyridine rings is 1. The number of carbonyl (C=O) groups is 1. The molecular weight excluding hydrogens is 448 g/mol. The van der Waals surface area contributed by atoms with E-state index < -0.39 is 0 Å². The Morgan fingerprint density at radius 2 is 2.09 bits per heavy atom. The summed E-state index contributed by atoms with van der Waals surface area (Å²) in [7, 11) is 0. The molecule has 0 bridgehead atoms. The molecule has 11 nitrogen and oxygen atoms in total. The molecule has 0 unspecified atom stereocenters. The van der Waals surface area contributed by atoms with E-state index >= 15 is 0 Å². The van der Waals surface area contributed by atoms with Crippen LogP contribution in [0.5, 0.6) is 5.88 Å². The van der Waals surface area contributed by atoms with Gasteiger partial charge in [0.1, 0.15) is 11.3 Å². The Kier molecular flexibility index (Phi) is 6.20. The standard InChI is InChI=1S/C24H24N8O3/c1-3-12-34-24-19-14-20(30-32(19)11-10-27-24)29-21(33)7-9-26-23-18-13-17(22-28-15(2)35-31-22)5-4-16(18)6-8-25-23/h4-6,8,10-11,13-14H,3,7,9,12H2,1-2H3,(H,25,26)(H,29,30,33). The summed E-state index contributed by atoms with van der Waals surface area (Å²) in [6, 6.07) is 9.55. The first-order valence-electron chi connectivity index (χ1n) is 11.3. The van der Waals surface area contributed by atoms with Crippen LogP contribution >= 0.6 is 0 Å². The van der Waals surface area contributed by atoms with E-state index in [4.69, 9.17) is 9.26 Å². The summed E-state index contributed by atoms with van der Waals surface area (Å²) in [5.74, 6) is 2.45. The Balaban J connectivity index is 1.24. The highest BCUT2D eigenvalue weighted by atomic mass is 16.5. The summed E-state index contributed by atoms with van der Waals surface area (Å²) < 4.78 is 12.4. The maximum atomic E-state index is 12.5. The Morgan fingerprint density at radius 1 is 1.17 bits per heavy atom. The van der Waals surface area contributed by atoms with E-state index in [-0.39, 0.29) is 12.3 Å². The van der Waals surface area contributed by atoms with Crippen LogP contribution in [0.2, 0.25) is 0 Å². The van der Waals surface area contributed by atoms with Crippen LogP contribution in [0.3, 0.4) is 0 Å². The van der Waals surface area contributed by atoms with Gasteiger partial charge in [0.2, 0.25) is 23.5 Å². The third-order valence-corrected chi connectivity index (χ3v) is 5.26. The van der Waals surface area contributed by atoms with Crippen LogP contribution in [0.25, 0.3) is 27.7 Å². The predicted molar refractivity (Wildman–Crippen MR) is 130 cm³/mol. The van der Waals surface area contributed by atoms with Crippen LogP contribution in [0, 0.1) is 6.92 Å². The van der Waals surface area contributed by atoms with E-state index in [9.17, 15) is 4.79 Å². The largest absolute Gasteiger partial charge is 0.476 e. The summed E-state index contributed by atoms with van der Waals surface area (Å²) in [4.78, 5) is 25.5. The average Bonchev–Trinajstić information content (AvgIpc) is 3.48. The van der Waals surface area contributed by atoms with Gasteiger partial charge in [0.15, 0.2) is 5.82 Å². The molecule has 0 atom stereocenters.